The lowest BCUT2D eigenvalue weighted by Crippen LogP contribution is -2.43. The SMILES string of the molecule is CCSCCOC(=O)C1=C(C)NC2=C(C(=O)[C@H](C(=O)OC)[C@H](C)C2)[C@@H]1c1cc(OC)c(O)c(OC)c1. The lowest BCUT2D eigenvalue weighted by Gasteiger charge is -2.38. The fraction of sp³-hybridized carbons (Fsp3) is 0.500. The summed E-state index contributed by atoms with van der Waals surface area (Å²) in [6.07, 6.45) is 0.413. The van der Waals surface area contributed by atoms with Crippen LogP contribution in [0.4, 0.5) is 0 Å². The molecule has 1 aromatic carbocycles. The van der Waals surface area contributed by atoms with Crippen molar-refractivity contribution in [2.45, 2.75) is 33.1 Å². The van der Waals surface area contributed by atoms with Crippen molar-refractivity contribution < 1.29 is 38.4 Å². The number of dihydropyridines is 1. The second-order valence-electron chi connectivity index (χ2n) is 8.64. The maximum absolute atomic E-state index is 13.8. The van der Waals surface area contributed by atoms with Crippen LogP contribution in [0.5, 0.6) is 17.2 Å². The summed E-state index contributed by atoms with van der Waals surface area (Å²) in [6.45, 7) is 5.81. The molecular formula is C26H33NO8S. The predicted molar refractivity (Wildman–Crippen MR) is 135 cm³/mol. The summed E-state index contributed by atoms with van der Waals surface area (Å²) < 4.78 is 21.2. The number of phenolic OH excluding ortho intramolecular Hbond substituents is 1. The van der Waals surface area contributed by atoms with E-state index >= 15 is 0 Å². The molecule has 0 saturated carbocycles. The molecule has 1 aliphatic heterocycles. The van der Waals surface area contributed by atoms with Gasteiger partial charge in [0.05, 0.1) is 26.9 Å². The molecule has 2 N–H and O–H groups in total. The molecule has 1 aliphatic carbocycles. The maximum atomic E-state index is 13.8. The Morgan fingerprint density at radius 1 is 1.17 bits per heavy atom. The monoisotopic (exact) mass is 519 g/mol. The zero-order chi connectivity index (χ0) is 26.6. The molecule has 10 heteroatoms. The number of carbonyl (C=O) groups is 3. The van der Waals surface area contributed by atoms with Crippen molar-refractivity contribution in [1.82, 2.24) is 5.32 Å². The Balaban J connectivity index is 2.19. The third-order valence-corrected chi connectivity index (χ3v) is 7.33. The minimum absolute atomic E-state index is 0.121. The highest BCUT2D eigenvalue weighted by Crippen LogP contribution is 2.48. The Morgan fingerprint density at radius 3 is 2.36 bits per heavy atom. The van der Waals surface area contributed by atoms with Crippen LogP contribution in [-0.4, -0.2) is 62.3 Å². The van der Waals surface area contributed by atoms with E-state index < -0.39 is 29.6 Å². The van der Waals surface area contributed by atoms with Gasteiger partial charge in [-0.25, -0.2) is 4.79 Å². The van der Waals surface area contributed by atoms with E-state index in [2.05, 4.69) is 5.32 Å². The first-order chi connectivity index (χ1) is 17.2. The molecule has 3 atom stereocenters. The van der Waals surface area contributed by atoms with Crippen LogP contribution in [0, 0.1) is 11.8 Å². The number of hydrogen-bond donors (Lipinski definition) is 2. The van der Waals surface area contributed by atoms with Crippen molar-refractivity contribution in [3.8, 4) is 17.2 Å². The minimum Gasteiger partial charge on any atom is -0.502 e. The van der Waals surface area contributed by atoms with Crippen LogP contribution in [0.15, 0.2) is 34.7 Å². The number of esters is 2. The van der Waals surface area contributed by atoms with Gasteiger partial charge in [0.2, 0.25) is 5.75 Å². The number of phenols is 1. The second kappa shape index (κ2) is 11.7. The van der Waals surface area contributed by atoms with Gasteiger partial charge in [0, 0.05) is 28.6 Å². The van der Waals surface area contributed by atoms with Gasteiger partial charge in [-0.1, -0.05) is 13.8 Å². The standard InChI is InChI=1S/C26H33NO8S/c1-7-36-9-8-35-26(31)20-14(3)27-16-10-13(2)19(25(30)34-6)24(29)22(16)21(20)15-11-17(32-4)23(28)18(12-15)33-5/h11-13,19,21,27-28H,7-10H2,1-6H3/t13-,19-,21-/m1/s1. The molecular weight excluding hydrogens is 486 g/mol. The fourth-order valence-corrected chi connectivity index (χ4v) is 5.27. The van der Waals surface area contributed by atoms with Crippen LogP contribution in [0.3, 0.4) is 0 Å². The van der Waals surface area contributed by atoms with E-state index in [4.69, 9.17) is 18.9 Å². The molecule has 0 radical (unpaired) electrons. The van der Waals surface area contributed by atoms with E-state index in [1.54, 1.807) is 30.8 Å². The summed E-state index contributed by atoms with van der Waals surface area (Å²) in [5.74, 6) is -2.20. The third-order valence-electron chi connectivity index (χ3n) is 6.46. The van der Waals surface area contributed by atoms with Gasteiger partial charge < -0.3 is 29.4 Å². The van der Waals surface area contributed by atoms with Crippen molar-refractivity contribution in [1.29, 1.82) is 0 Å². The highest BCUT2D eigenvalue weighted by atomic mass is 32.2. The summed E-state index contributed by atoms with van der Waals surface area (Å²) in [5, 5.41) is 13.7. The topological polar surface area (TPSA) is 120 Å². The van der Waals surface area contributed by atoms with Crippen LogP contribution in [0.2, 0.25) is 0 Å². The van der Waals surface area contributed by atoms with Gasteiger partial charge in [-0.15, -0.1) is 0 Å². The van der Waals surface area contributed by atoms with Crippen LogP contribution in [0.25, 0.3) is 0 Å². The van der Waals surface area contributed by atoms with E-state index in [1.807, 2.05) is 13.8 Å². The highest BCUT2D eigenvalue weighted by Gasteiger charge is 2.47. The average Bonchev–Trinajstić information content (AvgIpc) is 2.85. The first-order valence-electron chi connectivity index (χ1n) is 11.7. The molecule has 36 heavy (non-hydrogen) atoms. The number of aromatic hydroxyl groups is 1. The fourth-order valence-electron chi connectivity index (χ4n) is 4.78. The zero-order valence-electron chi connectivity index (χ0n) is 21.4. The maximum Gasteiger partial charge on any atom is 0.336 e. The molecule has 0 amide bonds. The number of rotatable bonds is 9. The Labute approximate surface area is 215 Å². The molecule has 0 aromatic heterocycles. The number of carbonyl (C=O) groups excluding carboxylic acids is 3. The van der Waals surface area contributed by atoms with Gasteiger partial charge in [0.1, 0.15) is 12.5 Å². The zero-order valence-corrected chi connectivity index (χ0v) is 22.2. The van der Waals surface area contributed by atoms with Crippen molar-refractivity contribution in [3.05, 3.63) is 40.2 Å². The van der Waals surface area contributed by atoms with Crippen molar-refractivity contribution in [2.75, 3.05) is 39.4 Å². The Kier molecular flexibility index (Phi) is 8.94. The Morgan fingerprint density at radius 2 is 1.81 bits per heavy atom. The van der Waals surface area contributed by atoms with Crippen molar-refractivity contribution >= 4 is 29.5 Å². The number of methoxy groups -OCH3 is 3. The number of Topliss-reactive ketones (excluding diaryl/α,β-unsaturated/α-hetero) is 1. The quantitative estimate of drug-likeness (QED) is 0.286. The van der Waals surface area contributed by atoms with E-state index in [1.165, 1.54) is 21.3 Å². The smallest absolute Gasteiger partial charge is 0.336 e. The molecule has 0 spiro atoms. The number of benzene rings is 1. The van der Waals surface area contributed by atoms with E-state index in [0.29, 0.717) is 34.7 Å². The van der Waals surface area contributed by atoms with Gasteiger partial charge >= 0.3 is 11.9 Å². The molecule has 9 nitrogen and oxygen atoms in total. The molecule has 0 bridgehead atoms. The molecule has 2 aliphatic rings. The predicted octanol–water partition coefficient (Wildman–Crippen LogP) is 3.32. The number of hydrogen-bond acceptors (Lipinski definition) is 10. The average molecular weight is 520 g/mol. The minimum atomic E-state index is -1.00. The lowest BCUT2D eigenvalue weighted by molar-refractivity contribution is -0.151. The largest absolute Gasteiger partial charge is 0.502 e. The van der Waals surface area contributed by atoms with Crippen LogP contribution >= 0.6 is 11.8 Å². The molecule has 0 unspecified atom stereocenters. The third kappa shape index (κ3) is 5.18. The summed E-state index contributed by atoms with van der Waals surface area (Å²) in [7, 11) is 4.04. The molecule has 1 aromatic rings. The summed E-state index contributed by atoms with van der Waals surface area (Å²) in [5.41, 5.74) is 2.21. The van der Waals surface area contributed by atoms with Gasteiger partial charge in [0.15, 0.2) is 17.3 Å². The Bertz CT molecular complexity index is 1080. The Hall–Kier alpha value is -3.14. The van der Waals surface area contributed by atoms with E-state index in [9.17, 15) is 19.5 Å². The lowest BCUT2D eigenvalue weighted by atomic mass is 9.69. The van der Waals surface area contributed by atoms with Gasteiger partial charge in [-0.3, -0.25) is 9.59 Å². The summed E-state index contributed by atoms with van der Waals surface area (Å²) >= 11 is 1.65. The van der Waals surface area contributed by atoms with Crippen LogP contribution < -0.4 is 14.8 Å². The number of allylic oxidation sites excluding steroid dienone is 3. The number of ketones is 1. The first-order valence-corrected chi connectivity index (χ1v) is 12.9. The van der Waals surface area contributed by atoms with Crippen molar-refractivity contribution in [2.24, 2.45) is 11.8 Å². The van der Waals surface area contributed by atoms with Gasteiger partial charge in [-0.05, 0) is 42.7 Å². The van der Waals surface area contributed by atoms with Crippen LogP contribution in [-0.2, 0) is 23.9 Å². The molecule has 3 rings (SSSR count). The number of ether oxygens (including phenoxy) is 4. The highest BCUT2D eigenvalue weighted by molar-refractivity contribution is 7.99. The number of thioether (sulfide) groups is 1. The van der Waals surface area contributed by atoms with Crippen LogP contribution in [0.1, 0.15) is 38.7 Å². The van der Waals surface area contributed by atoms with Gasteiger partial charge in [-0.2, -0.15) is 11.8 Å². The summed E-state index contributed by atoms with van der Waals surface area (Å²) in [4.78, 5) is 39.8. The summed E-state index contributed by atoms with van der Waals surface area (Å²) in [6, 6.07) is 3.12. The molecule has 0 fully saturated rings. The molecule has 1 heterocycles. The van der Waals surface area contributed by atoms with E-state index in [0.717, 1.165) is 5.75 Å². The second-order valence-corrected chi connectivity index (χ2v) is 10.0. The number of nitrogens with one attached hydrogen (secondary N) is 1. The van der Waals surface area contributed by atoms with E-state index in [-0.39, 0.29) is 35.3 Å². The molecule has 196 valence electrons. The van der Waals surface area contributed by atoms with Gasteiger partial charge in [0.25, 0.3) is 0 Å². The van der Waals surface area contributed by atoms with Crippen molar-refractivity contribution in [3.63, 3.8) is 0 Å². The first kappa shape index (κ1) is 27.4. The normalized spacial score (nSPS) is 21.5. The molecule has 0 saturated heterocycles.